The minimum atomic E-state index is 0.357. The van der Waals surface area contributed by atoms with Crippen LogP contribution in [0.3, 0.4) is 0 Å². The fraction of sp³-hybridized carbons (Fsp3) is 0.769. The lowest BCUT2D eigenvalue weighted by Crippen LogP contribution is -2.35. The zero-order chi connectivity index (χ0) is 11.3. The minimum absolute atomic E-state index is 0.357. The highest BCUT2D eigenvalue weighted by molar-refractivity contribution is 8.14. The van der Waals surface area contributed by atoms with Crippen LogP contribution in [0.1, 0.15) is 26.7 Å². The molecule has 1 fully saturated rings. The standard InChI is InChI=1S/C13H23NS/c1-12(2)6-5-9-14-10-7-13(8-11-14)15(3)4/h12-13H,3,7-11H2,1-2,4H3. The molecule has 1 rings (SSSR count). The molecule has 0 aromatic heterocycles. The average Bonchev–Trinajstić information content (AvgIpc) is 2.18. The van der Waals surface area contributed by atoms with E-state index < -0.39 is 0 Å². The van der Waals surface area contributed by atoms with Gasteiger partial charge >= 0.3 is 0 Å². The molecular formula is C13H23NS. The number of hydrogen-bond acceptors (Lipinski definition) is 1. The monoisotopic (exact) mass is 225 g/mol. The van der Waals surface area contributed by atoms with E-state index in [0.717, 1.165) is 11.8 Å². The van der Waals surface area contributed by atoms with Gasteiger partial charge in [0.15, 0.2) is 0 Å². The molecular weight excluding hydrogens is 202 g/mol. The van der Waals surface area contributed by atoms with Gasteiger partial charge in [-0.15, -0.1) is 0 Å². The Labute approximate surface area is 97.2 Å². The van der Waals surface area contributed by atoms with Crippen LogP contribution in [0.4, 0.5) is 0 Å². The smallest absolute Gasteiger partial charge is 0.0601 e. The Balaban J connectivity index is 2.27. The van der Waals surface area contributed by atoms with Crippen molar-refractivity contribution in [2.75, 3.05) is 25.9 Å². The first-order valence-electron chi connectivity index (χ1n) is 5.74. The Bertz CT molecular complexity index is 264. The fourth-order valence-corrected chi connectivity index (χ4v) is 2.85. The van der Waals surface area contributed by atoms with Gasteiger partial charge in [0, 0.05) is 24.3 Å². The maximum absolute atomic E-state index is 4.15. The van der Waals surface area contributed by atoms with E-state index in [-0.39, 0.29) is 0 Å². The molecule has 1 nitrogen and oxygen atoms in total. The van der Waals surface area contributed by atoms with Gasteiger partial charge in [-0.25, -0.2) is 0 Å². The molecule has 0 radical (unpaired) electrons. The van der Waals surface area contributed by atoms with Crippen LogP contribution in [0.2, 0.25) is 0 Å². The second kappa shape index (κ2) is 6.35. The lowest BCUT2D eigenvalue weighted by atomic mass is 10.1. The van der Waals surface area contributed by atoms with Crippen molar-refractivity contribution in [3.8, 4) is 11.8 Å². The second-order valence-corrected chi connectivity index (χ2v) is 6.69. The van der Waals surface area contributed by atoms with Crippen LogP contribution in [-0.4, -0.2) is 41.9 Å². The summed E-state index contributed by atoms with van der Waals surface area (Å²) in [5.74, 6) is 11.1. The van der Waals surface area contributed by atoms with Gasteiger partial charge in [-0.2, -0.15) is 10.5 Å². The van der Waals surface area contributed by atoms with Crippen LogP contribution < -0.4 is 0 Å². The molecule has 1 heterocycles. The average molecular weight is 225 g/mol. The molecule has 0 spiro atoms. The van der Waals surface area contributed by atoms with Crippen molar-refractivity contribution in [3.63, 3.8) is 0 Å². The third-order valence-electron chi connectivity index (χ3n) is 2.80. The first kappa shape index (κ1) is 12.8. The lowest BCUT2D eigenvalue weighted by Gasteiger charge is -2.31. The highest BCUT2D eigenvalue weighted by Crippen LogP contribution is 2.24. The van der Waals surface area contributed by atoms with Gasteiger partial charge in [-0.3, -0.25) is 4.90 Å². The van der Waals surface area contributed by atoms with E-state index in [4.69, 9.17) is 0 Å². The highest BCUT2D eigenvalue weighted by atomic mass is 32.2. The number of nitrogens with zero attached hydrogens (tertiary/aromatic N) is 1. The third-order valence-corrected chi connectivity index (χ3v) is 4.41. The van der Waals surface area contributed by atoms with E-state index in [2.05, 4.69) is 42.7 Å². The summed E-state index contributed by atoms with van der Waals surface area (Å²) >= 11 is 0. The molecule has 1 aliphatic heterocycles. The van der Waals surface area contributed by atoms with Gasteiger partial charge in [-0.1, -0.05) is 31.6 Å². The molecule has 0 amide bonds. The Morgan fingerprint density at radius 2 is 2.00 bits per heavy atom. The first-order valence-corrected chi connectivity index (χ1v) is 7.61. The Hall–Kier alpha value is -0.260. The van der Waals surface area contributed by atoms with Gasteiger partial charge in [0.1, 0.15) is 0 Å². The molecule has 0 bridgehead atoms. The van der Waals surface area contributed by atoms with E-state index >= 15 is 0 Å². The largest absolute Gasteiger partial charge is 0.292 e. The summed E-state index contributed by atoms with van der Waals surface area (Å²) in [5, 5.41) is 0.860. The van der Waals surface area contributed by atoms with Crippen molar-refractivity contribution in [1.29, 1.82) is 0 Å². The summed E-state index contributed by atoms with van der Waals surface area (Å²) < 4.78 is 0. The van der Waals surface area contributed by atoms with Gasteiger partial charge < -0.3 is 0 Å². The summed E-state index contributed by atoms with van der Waals surface area (Å²) in [6.45, 7) is 7.67. The molecule has 86 valence electrons. The molecule has 2 heteroatoms. The maximum atomic E-state index is 4.15. The molecule has 1 atom stereocenters. The quantitative estimate of drug-likeness (QED) is 0.515. The van der Waals surface area contributed by atoms with Crippen LogP contribution in [-0.2, 0) is 0 Å². The van der Waals surface area contributed by atoms with Gasteiger partial charge in [0.25, 0.3) is 0 Å². The number of likely N-dealkylation sites (tertiary alicyclic amines) is 1. The molecule has 0 saturated carbocycles. The number of piperidine rings is 1. The van der Waals surface area contributed by atoms with E-state index in [9.17, 15) is 0 Å². The van der Waals surface area contributed by atoms with E-state index in [1.165, 1.54) is 25.9 Å². The Morgan fingerprint density at radius 1 is 1.40 bits per heavy atom. The molecule has 1 unspecified atom stereocenters. The Kier molecular flexibility index (Phi) is 5.42. The van der Waals surface area contributed by atoms with Crippen molar-refractivity contribution in [1.82, 2.24) is 4.90 Å². The molecule has 15 heavy (non-hydrogen) atoms. The summed E-state index contributed by atoms with van der Waals surface area (Å²) in [6.07, 6.45) is 4.89. The topological polar surface area (TPSA) is 3.24 Å². The molecule has 0 aromatic carbocycles. The molecule has 0 N–H and O–H groups in total. The molecule has 1 saturated heterocycles. The molecule has 1 aliphatic rings. The van der Waals surface area contributed by atoms with Gasteiger partial charge in [0.05, 0.1) is 6.54 Å². The van der Waals surface area contributed by atoms with Crippen LogP contribution >= 0.6 is 10.5 Å². The normalized spacial score (nSPS) is 21.1. The van der Waals surface area contributed by atoms with Crippen LogP contribution in [0.5, 0.6) is 0 Å². The van der Waals surface area contributed by atoms with E-state index in [1.807, 2.05) is 0 Å². The summed E-state index contributed by atoms with van der Waals surface area (Å²) in [4.78, 5) is 2.47. The minimum Gasteiger partial charge on any atom is -0.292 e. The van der Waals surface area contributed by atoms with Crippen LogP contribution in [0, 0.1) is 17.8 Å². The van der Waals surface area contributed by atoms with Gasteiger partial charge in [0.2, 0.25) is 0 Å². The van der Waals surface area contributed by atoms with Crippen molar-refractivity contribution >= 4 is 16.4 Å². The number of hydrogen-bond donors (Lipinski definition) is 0. The predicted octanol–water partition coefficient (Wildman–Crippen LogP) is 2.44. The second-order valence-electron chi connectivity index (χ2n) is 4.64. The maximum Gasteiger partial charge on any atom is 0.0601 e. The zero-order valence-corrected chi connectivity index (χ0v) is 11.1. The summed E-state index contributed by atoms with van der Waals surface area (Å²) in [5.41, 5.74) is 0. The van der Waals surface area contributed by atoms with E-state index in [1.54, 1.807) is 0 Å². The first-order chi connectivity index (χ1) is 7.09. The summed E-state index contributed by atoms with van der Waals surface area (Å²) in [7, 11) is 0.357. The van der Waals surface area contributed by atoms with Crippen molar-refractivity contribution in [3.05, 3.63) is 0 Å². The lowest BCUT2D eigenvalue weighted by molar-refractivity contribution is 0.259. The Morgan fingerprint density at radius 3 is 2.47 bits per heavy atom. The van der Waals surface area contributed by atoms with E-state index in [0.29, 0.717) is 16.4 Å². The van der Waals surface area contributed by atoms with Crippen molar-refractivity contribution in [2.45, 2.75) is 31.9 Å². The van der Waals surface area contributed by atoms with Crippen molar-refractivity contribution in [2.24, 2.45) is 5.92 Å². The zero-order valence-electron chi connectivity index (χ0n) is 10.3. The van der Waals surface area contributed by atoms with Crippen LogP contribution in [0.25, 0.3) is 0 Å². The van der Waals surface area contributed by atoms with Gasteiger partial charge in [-0.05, 0) is 19.1 Å². The van der Waals surface area contributed by atoms with Crippen LogP contribution in [0.15, 0.2) is 0 Å². The predicted molar refractivity (Wildman–Crippen MR) is 72.7 cm³/mol. The number of rotatable bonds is 2. The SMILES string of the molecule is C=S(C)C1CCN(CC#CC(C)C)CC1. The molecule has 0 aliphatic carbocycles. The summed E-state index contributed by atoms with van der Waals surface area (Å²) in [6, 6.07) is 0. The highest BCUT2D eigenvalue weighted by Gasteiger charge is 2.17. The fourth-order valence-electron chi connectivity index (χ4n) is 1.83. The molecule has 0 aromatic rings. The van der Waals surface area contributed by atoms with Crippen molar-refractivity contribution < 1.29 is 0 Å². The third kappa shape index (κ3) is 4.86.